The first-order valence-corrected chi connectivity index (χ1v) is 7.70. The summed E-state index contributed by atoms with van der Waals surface area (Å²) in [5, 5.41) is 11.6. The Hall–Kier alpha value is -1.59. The molecule has 120 valence electrons. The first kappa shape index (κ1) is 17.5. The lowest BCUT2D eigenvalue weighted by atomic mass is 10.0. The first-order valence-electron chi connectivity index (χ1n) is 7.70. The van der Waals surface area contributed by atoms with Gasteiger partial charge < -0.3 is 15.3 Å². The summed E-state index contributed by atoms with van der Waals surface area (Å²) in [4.78, 5) is 36.6. The second-order valence-corrected chi connectivity index (χ2v) is 6.07. The molecule has 21 heavy (non-hydrogen) atoms. The molecule has 1 heterocycles. The van der Waals surface area contributed by atoms with Gasteiger partial charge in [-0.2, -0.15) is 0 Å². The highest BCUT2D eigenvalue weighted by Crippen LogP contribution is 2.11. The highest BCUT2D eigenvalue weighted by Gasteiger charge is 2.24. The molecule has 0 aliphatic carbocycles. The Morgan fingerprint density at radius 3 is 2.52 bits per heavy atom. The maximum atomic E-state index is 12.0. The topological polar surface area (TPSA) is 86.7 Å². The maximum Gasteiger partial charge on any atom is 0.326 e. The minimum atomic E-state index is -1.03. The van der Waals surface area contributed by atoms with Crippen molar-refractivity contribution in [1.82, 2.24) is 10.2 Å². The van der Waals surface area contributed by atoms with E-state index in [0.29, 0.717) is 19.4 Å². The van der Waals surface area contributed by atoms with E-state index < -0.39 is 17.9 Å². The van der Waals surface area contributed by atoms with Crippen LogP contribution in [0.4, 0.5) is 0 Å². The van der Waals surface area contributed by atoms with Crippen molar-refractivity contribution in [3.05, 3.63) is 0 Å². The molecule has 0 saturated carbocycles. The predicted molar refractivity (Wildman–Crippen MR) is 78.7 cm³/mol. The Bertz CT molecular complexity index is 382. The van der Waals surface area contributed by atoms with Crippen molar-refractivity contribution in [1.29, 1.82) is 0 Å². The number of carboxylic acids is 1. The number of nitrogens with zero attached hydrogens (tertiary/aromatic N) is 1. The molecule has 0 spiro atoms. The van der Waals surface area contributed by atoms with Crippen LogP contribution in [0, 0.1) is 5.92 Å². The third-order valence-electron chi connectivity index (χ3n) is 3.60. The summed E-state index contributed by atoms with van der Waals surface area (Å²) in [6, 6.07) is -0.887. The van der Waals surface area contributed by atoms with Gasteiger partial charge in [0, 0.05) is 13.0 Å². The second kappa shape index (κ2) is 8.64. The molecule has 0 radical (unpaired) electrons. The molecule has 1 fully saturated rings. The molecule has 0 aromatic rings. The molecule has 6 heteroatoms. The lowest BCUT2D eigenvalue weighted by molar-refractivity contribution is -0.143. The van der Waals surface area contributed by atoms with Gasteiger partial charge in [-0.15, -0.1) is 0 Å². The van der Waals surface area contributed by atoms with Gasteiger partial charge in [0.05, 0.1) is 6.54 Å². The molecule has 2 N–H and O–H groups in total. The molecule has 1 aliphatic heterocycles. The van der Waals surface area contributed by atoms with Crippen LogP contribution in [-0.4, -0.2) is 46.9 Å². The minimum Gasteiger partial charge on any atom is -0.480 e. The number of aliphatic carboxylic acids is 1. The van der Waals surface area contributed by atoms with Gasteiger partial charge >= 0.3 is 5.97 Å². The summed E-state index contributed by atoms with van der Waals surface area (Å²) >= 11 is 0. The van der Waals surface area contributed by atoms with Gasteiger partial charge in [-0.3, -0.25) is 9.59 Å². The normalized spacial score (nSPS) is 18.0. The zero-order chi connectivity index (χ0) is 15.8. The summed E-state index contributed by atoms with van der Waals surface area (Å²) in [5.41, 5.74) is 0. The molecule has 2 amide bonds. The van der Waals surface area contributed by atoms with Crippen LogP contribution in [0.15, 0.2) is 0 Å². The Morgan fingerprint density at radius 1 is 1.24 bits per heavy atom. The monoisotopic (exact) mass is 298 g/mol. The third-order valence-corrected chi connectivity index (χ3v) is 3.60. The number of nitrogens with one attached hydrogen (secondary N) is 1. The number of hydrogen-bond acceptors (Lipinski definition) is 3. The van der Waals surface area contributed by atoms with Crippen LogP contribution < -0.4 is 5.32 Å². The fraction of sp³-hybridized carbons (Fsp3) is 0.800. The number of amides is 2. The van der Waals surface area contributed by atoms with E-state index in [1.54, 1.807) is 4.90 Å². The van der Waals surface area contributed by atoms with E-state index >= 15 is 0 Å². The van der Waals surface area contributed by atoms with E-state index in [0.717, 1.165) is 25.7 Å². The molecule has 1 aliphatic rings. The van der Waals surface area contributed by atoms with E-state index in [2.05, 4.69) is 5.32 Å². The average molecular weight is 298 g/mol. The third kappa shape index (κ3) is 6.60. The lowest BCUT2D eigenvalue weighted by Crippen LogP contribution is -2.47. The predicted octanol–water partition coefficient (Wildman–Crippen LogP) is 1.39. The zero-order valence-electron chi connectivity index (χ0n) is 12.9. The molecule has 1 saturated heterocycles. The molecule has 0 aromatic heterocycles. The van der Waals surface area contributed by atoms with Gasteiger partial charge in [-0.25, -0.2) is 4.79 Å². The van der Waals surface area contributed by atoms with Crippen molar-refractivity contribution >= 4 is 17.8 Å². The highest BCUT2D eigenvalue weighted by atomic mass is 16.4. The summed E-state index contributed by atoms with van der Waals surface area (Å²) in [6.45, 7) is 4.35. The van der Waals surface area contributed by atoms with Crippen molar-refractivity contribution < 1.29 is 19.5 Å². The number of carboxylic acid groups (broad SMARTS) is 1. The van der Waals surface area contributed by atoms with Crippen LogP contribution in [0.3, 0.4) is 0 Å². The van der Waals surface area contributed by atoms with Crippen LogP contribution in [0.1, 0.15) is 52.4 Å². The average Bonchev–Trinajstić information content (AvgIpc) is 2.37. The van der Waals surface area contributed by atoms with Gasteiger partial charge in [-0.05, 0) is 25.2 Å². The van der Waals surface area contributed by atoms with Crippen molar-refractivity contribution in [2.75, 3.05) is 13.1 Å². The minimum absolute atomic E-state index is 0.0133. The molecular weight excluding hydrogens is 272 g/mol. The van der Waals surface area contributed by atoms with Crippen LogP contribution in [0.2, 0.25) is 0 Å². The van der Waals surface area contributed by atoms with Gasteiger partial charge in [-0.1, -0.05) is 26.7 Å². The van der Waals surface area contributed by atoms with Crippen LogP contribution >= 0.6 is 0 Å². The molecule has 6 nitrogen and oxygen atoms in total. The van der Waals surface area contributed by atoms with Crippen molar-refractivity contribution in [2.24, 2.45) is 5.92 Å². The van der Waals surface area contributed by atoms with Crippen LogP contribution in [0.5, 0.6) is 0 Å². The maximum absolute atomic E-state index is 12.0. The fourth-order valence-electron chi connectivity index (χ4n) is 2.49. The van der Waals surface area contributed by atoms with Crippen molar-refractivity contribution in [3.8, 4) is 0 Å². The molecule has 1 rings (SSSR count). The Morgan fingerprint density at radius 2 is 1.90 bits per heavy atom. The SMILES string of the molecule is CC(C)CC(NC(=O)CN1CCCCCCC1=O)C(=O)O. The van der Waals surface area contributed by atoms with E-state index in [-0.39, 0.29) is 18.4 Å². The largest absolute Gasteiger partial charge is 0.480 e. The molecule has 0 bridgehead atoms. The standard InChI is InChI=1S/C15H26N2O4/c1-11(2)9-12(15(20)21)16-13(18)10-17-8-6-4-3-5-7-14(17)19/h11-12H,3-10H2,1-2H3,(H,16,18)(H,20,21). The van der Waals surface area contributed by atoms with E-state index in [1.165, 1.54) is 0 Å². The smallest absolute Gasteiger partial charge is 0.326 e. The fourth-order valence-corrected chi connectivity index (χ4v) is 2.49. The molecule has 1 unspecified atom stereocenters. The number of carbonyl (C=O) groups is 3. The quantitative estimate of drug-likeness (QED) is 0.776. The van der Waals surface area contributed by atoms with Crippen molar-refractivity contribution in [2.45, 2.75) is 58.4 Å². The lowest BCUT2D eigenvalue weighted by Gasteiger charge is -2.25. The molecule has 1 atom stereocenters. The zero-order valence-corrected chi connectivity index (χ0v) is 12.9. The number of rotatable bonds is 6. The van der Waals surface area contributed by atoms with Crippen LogP contribution in [-0.2, 0) is 14.4 Å². The molecular formula is C15H26N2O4. The van der Waals surface area contributed by atoms with Gasteiger partial charge in [0.2, 0.25) is 11.8 Å². The number of hydrogen-bond donors (Lipinski definition) is 2. The van der Waals surface area contributed by atoms with Gasteiger partial charge in [0.25, 0.3) is 0 Å². The Kier molecular flexibility index (Phi) is 7.19. The van der Waals surface area contributed by atoms with Gasteiger partial charge in [0.15, 0.2) is 0 Å². The van der Waals surface area contributed by atoms with E-state index in [9.17, 15) is 14.4 Å². The van der Waals surface area contributed by atoms with Crippen LogP contribution in [0.25, 0.3) is 0 Å². The molecule has 0 aromatic carbocycles. The Balaban J connectivity index is 2.53. The van der Waals surface area contributed by atoms with E-state index in [1.807, 2.05) is 13.8 Å². The van der Waals surface area contributed by atoms with Gasteiger partial charge in [0.1, 0.15) is 6.04 Å². The first-order chi connectivity index (χ1) is 9.90. The number of likely N-dealkylation sites (tertiary alicyclic amines) is 1. The summed E-state index contributed by atoms with van der Waals surface area (Å²) < 4.78 is 0. The number of carbonyl (C=O) groups excluding carboxylic acids is 2. The second-order valence-electron chi connectivity index (χ2n) is 6.07. The summed E-state index contributed by atoms with van der Waals surface area (Å²) in [7, 11) is 0. The summed E-state index contributed by atoms with van der Waals surface area (Å²) in [5.74, 6) is -1.26. The van der Waals surface area contributed by atoms with E-state index in [4.69, 9.17) is 5.11 Å². The summed E-state index contributed by atoms with van der Waals surface area (Å²) in [6.07, 6.45) is 4.74. The van der Waals surface area contributed by atoms with Crippen molar-refractivity contribution in [3.63, 3.8) is 0 Å². The highest BCUT2D eigenvalue weighted by molar-refractivity contribution is 5.87. The Labute approximate surface area is 125 Å².